The first-order chi connectivity index (χ1) is 12.7. The van der Waals surface area contributed by atoms with Gasteiger partial charge in [-0.05, 0) is 47.6 Å². The van der Waals surface area contributed by atoms with E-state index in [2.05, 4.69) is 59.8 Å². The summed E-state index contributed by atoms with van der Waals surface area (Å²) in [7, 11) is 0. The van der Waals surface area contributed by atoms with Crippen LogP contribution in [0.25, 0.3) is 5.57 Å². The van der Waals surface area contributed by atoms with Crippen LogP contribution in [0.3, 0.4) is 0 Å². The Morgan fingerprint density at radius 3 is 2.38 bits per heavy atom. The van der Waals surface area contributed by atoms with Crippen LogP contribution in [-0.2, 0) is 0 Å². The zero-order valence-electron chi connectivity index (χ0n) is 15.4. The summed E-state index contributed by atoms with van der Waals surface area (Å²) in [6.07, 6.45) is 7.00. The molecule has 1 saturated heterocycles. The Labute approximate surface area is 155 Å². The molecule has 0 atom stereocenters. The lowest BCUT2D eigenvalue weighted by Crippen LogP contribution is -2.32. The lowest BCUT2D eigenvalue weighted by molar-refractivity contribution is 0.241. The fourth-order valence-corrected chi connectivity index (χ4v) is 3.75. The second-order valence-electron chi connectivity index (χ2n) is 7.28. The molecule has 2 aliphatic rings. The first-order valence-corrected chi connectivity index (χ1v) is 9.43. The average Bonchev–Trinajstić information content (AvgIpc) is 3.15. The number of benzene rings is 1. The third-order valence-electron chi connectivity index (χ3n) is 5.45. The number of hydrogen-bond donors (Lipinski definition) is 0. The maximum Gasteiger partial charge on any atom is 0.0902 e. The van der Waals surface area contributed by atoms with Crippen LogP contribution in [-0.4, -0.2) is 28.7 Å². The lowest BCUT2D eigenvalue weighted by Gasteiger charge is -2.33. The summed E-state index contributed by atoms with van der Waals surface area (Å²) in [5, 5.41) is 0. The van der Waals surface area contributed by atoms with E-state index in [0.29, 0.717) is 0 Å². The Morgan fingerprint density at radius 1 is 1.00 bits per heavy atom. The largest absolute Gasteiger partial charge is 0.370 e. The van der Waals surface area contributed by atoms with Crippen LogP contribution < -0.4 is 0 Å². The minimum absolute atomic E-state index is 0.805. The Hall–Kier alpha value is -2.68. The van der Waals surface area contributed by atoms with Gasteiger partial charge in [0.15, 0.2) is 0 Å². The zero-order chi connectivity index (χ0) is 17.9. The third kappa shape index (κ3) is 3.34. The van der Waals surface area contributed by atoms with Gasteiger partial charge in [0.1, 0.15) is 0 Å². The summed E-state index contributed by atoms with van der Waals surface area (Å²) in [4.78, 5) is 11.6. The predicted molar refractivity (Wildman–Crippen MR) is 108 cm³/mol. The van der Waals surface area contributed by atoms with Gasteiger partial charge in [0.25, 0.3) is 0 Å². The highest BCUT2D eigenvalue weighted by atomic mass is 15.2. The van der Waals surface area contributed by atoms with E-state index in [-0.39, 0.29) is 0 Å². The summed E-state index contributed by atoms with van der Waals surface area (Å²) >= 11 is 0. The summed E-state index contributed by atoms with van der Waals surface area (Å²) < 4.78 is 0. The molecule has 0 N–H and O–H groups in total. The smallest absolute Gasteiger partial charge is 0.0902 e. The number of rotatable bonds is 4. The van der Waals surface area contributed by atoms with Crippen LogP contribution in [0.4, 0.5) is 0 Å². The van der Waals surface area contributed by atoms with Gasteiger partial charge in [-0.1, -0.05) is 43.8 Å². The molecule has 0 amide bonds. The number of piperidine rings is 1. The van der Waals surface area contributed by atoms with E-state index in [4.69, 9.17) is 4.99 Å². The van der Waals surface area contributed by atoms with Crippen molar-refractivity contribution in [2.45, 2.75) is 26.2 Å². The minimum Gasteiger partial charge on any atom is -0.370 e. The second-order valence-corrected chi connectivity index (χ2v) is 7.28. The maximum atomic E-state index is 5.04. The van der Waals surface area contributed by atoms with Crippen molar-refractivity contribution in [3.8, 4) is 0 Å². The first-order valence-electron chi connectivity index (χ1n) is 9.43. The molecule has 3 nitrogen and oxygen atoms in total. The summed E-state index contributed by atoms with van der Waals surface area (Å²) in [6, 6.07) is 14.6. The van der Waals surface area contributed by atoms with E-state index < -0.39 is 0 Å². The highest BCUT2D eigenvalue weighted by Crippen LogP contribution is 2.36. The van der Waals surface area contributed by atoms with Crippen molar-refractivity contribution in [3.05, 3.63) is 84.0 Å². The van der Waals surface area contributed by atoms with Gasteiger partial charge in [-0.25, -0.2) is 4.99 Å². The number of aliphatic imine (C=N–C) groups is 1. The van der Waals surface area contributed by atoms with Gasteiger partial charge in [0.05, 0.1) is 17.1 Å². The molecule has 4 rings (SSSR count). The van der Waals surface area contributed by atoms with Crippen molar-refractivity contribution >= 4 is 11.3 Å². The Kier molecular flexibility index (Phi) is 4.70. The molecule has 132 valence electrons. The van der Waals surface area contributed by atoms with Gasteiger partial charge in [0, 0.05) is 31.9 Å². The van der Waals surface area contributed by atoms with Crippen LogP contribution in [0.15, 0.2) is 77.8 Å². The van der Waals surface area contributed by atoms with Crippen molar-refractivity contribution in [2.75, 3.05) is 13.1 Å². The molecule has 0 spiro atoms. The van der Waals surface area contributed by atoms with E-state index in [9.17, 15) is 0 Å². The molecule has 1 aromatic heterocycles. The molecular formula is C23H25N3. The van der Waals surface area contributed by atoms with E-state index in [1.807, 2.05) is 18.5 Å². The molecule has 0 radical (unpaired) electrons. The van der Waals surface area contributed by atoms with Gasteiger partial charge in [-0.2, -0.15) is 0 Å². The lowest BCUT2D eigenvalue weighted by atomic mass is 9.96. The van der Waals surface area contributed by atoms with Crippen molar-refractivity contribution in [2.24, 2.45) is 10.9 Å². The summed E-state index contributed by atoms with van der Waals surface area (Å²) in [5.74, 6) is 0.805. The number of pyridine rings is 1. The zero-order valence-corrected chi connectivity index (χ0v) is 15.4. The number of hydrogen-bond acceptors (Lipinski definition) is 3. The molecule has 3 heterocycles. The van der Waals surface area contributed by atoms with Crippen LogP contribution in [0.1, 0.15) is 37.3 Å². The molecule has 26 heavy (non-hydrogen) atoms. The van der Waals surface area contributed by atoms with Crippen LogP contribution >= 0.6 is 0 Å². The molecule has 0 bridgehead atoms. The minimum atomic E-state index is 0.805. The van der Waals surface area contributed by atoms with Crippen LogP contribution in [0.5, 0.6) is 0 Å². The third-order valence-corrected chi connectivity index (χ3v) is 5.45. The average molecular weight is 343 g/mol. The molecule has 1 aromatic carbocycles. The van der Waals surface area contributed by atoms with Gasteiger partial charge in [0.2, 0.25) is 0 Å². The monoisotopic (exact) mass is 343 g/mol. The quantitative estimate of drug-likeness (QED) is 0.787. The van der Waals surface area contributed by atoms with Gasteiger partial charge >= 0.3 is 0 Å². The molecule has 0 saturated carbocycles. The van der Waals surface area contributed by atoms with E-state index >= 15 is 0 Å². The topological polar surface area (TPSA) is 28.5 Å². The van der Waals surface area contributed by atoms with Gasteiger partial charge in [-0.3, -0.25) is 4.98 Å². The van der Waals surface area contributed by atoms with Crippen molar-refractivity contribution in [1.82, 2.24) is 9.88 Å². The number of aromatic nitrogens is 1. The Morgan fingerprint density at radius 2 is 1.69 bits per heavy atom. The molecular weight excluding hydrogens is 318 g/mol. The van der Waals surface area contributed by atoms with Crippen molar-refractivity contribution in [3.63, 3.8) is 0 Å². The SMILES string of the molecule is C=C(C1=C(c2ccncc2)CC(c2ccccc2)=N1)N1CCC(C)CC1. The summed E-state index contributed by atoms with van der Waals surface area (Å²) in [6.45, 7) is 8.92. The molecule has 1 fully saturated rings. The normalized spacial score (nSPS) is 18.2. The highest BCUT2D eigenvalue weighted by molar-refractivity contribution is 6.10. The Balaban J connectivity index is 1.68. The standard InChI is InChI=1S/C23H25N3/c1-17-10-14-26(15-11-17)18(2)23-21(19-8-12-24-13-9-19)16-22(25-23)20-6-4-3-5-7-20/h3-9,12-13,17H,2,10-11,14-16H2,1H3. The Bertz CT molecular complexity index is 842. The maximum absolute atomic E-state index is 5.04. The van der Waals surface area contributed by atoms with E-state index in [1.165, 1.54) is 29.5 Å². The molecule has 0 unspecified atom stereocenters. The number of likely N-dealkylation sites (tertiary alicyclic amines) is 1. The molecule has 2 aromatic rings. The van der Waals surface area contributed by atoms with Crippen LogP contribution in [0, 0.1) is 5.92 Å². The highest BCUT2D eigenvalue weighted by Gasteiger charge is 2.26. The fraction of sp³-hybridized carbons (Fsp3) is 0.304. The molecule has 3 heteroatoms. The van der Waals surface area contributed by atoms with Gasteiger partial charge in [-0.15, -0.1) is 0 Å². The van der Waals surface area contributed by atoms with Gasteiger partial charge < -0.3 is 4.90 Å². The summed E-state index contributed by atoms with van der Waals surface area (Å²) in [5.41, 5.74) is 6.87. The second kappa shape index (κ2) is 7.28. The van der Waals surface area contributed by atoms with Crippen molar-refractivity contribution < 1.29 is 0 Å². The van der Waals surface area contributed by atoms with Crippen molar-refractivity contribution in [1.29, 1.82) is 0 Å². The van der Waals surface area contributed by atoms with E-state index in [1.54, 1.807) is 0 Å². The first kappa shape index (κ1) is 16.8. The number of allylic oxidation sites excluding steroid dienone is 1. The van der Waals surface area contributed by atoms with E-state index in [0.717, 1.165) is 42.5 Å². The molecule has 0 aliphatic carbocycles. The fourth-order valence-electron chi connectivity index (χ4n) is 3.75. The predicted octanol–water partition coefficient (Wildman–Crippen LogP) is 4.93. The van der Waals surface area contributed by atoms with Crippen LogP contribution in [0.2, 0.25) is 0 Å². The molecule has 2 aliphatic heterocycles. The number of nitrogens with zero attached hydrogens (tertiary/aromatic N) is 3.